The molecule has 0 aliphatic carbocycles. The molecule has 0 saturated carbocycles. The molecular formula is C22H27N3O2. The van der Waals surface area contributed by atoms with E-state index in [0.717, 1.165) is 57.1 Å². The molecule has 2 aromatic carbocycles. The molecule has 0 N–H and O–H groups in total. The van der Waals surface area contributed by atoms with E-state index >= 15 is 0 Å². The van der Waals surface area contributed by atoms with Gasteiger partial charge in [0.15, 0.2) is 0 Å². The van der Waals surface area contributed by atoms with Crippen LogP contribution >= 0.6 is 0 Å². The van der Waals surface area contributed by atoms with Gasteiger partial charge in [0.25, 0.3) is 0 Å². The van der Waals surface area contributed by atoms with Crippen LogP contribution in [0.2, 0.25) is 0 Å². The molecule has 0 unspecified atom stereocenters. The largest absolute Gasteiger partial charge is 0.497 e. The lowest BCUT2D eigenvalue weighted by Gasteiger charge is -2.35. The molecule has 2 aromatic rings. The van der Waals surface area contributed by atoms with Crippen LogP contribution in [0.25, 0.3) is 0 Å². The van der Waals surface area contributed by atoms with Gasteiger partial charge in [-0.3, -0.25) is 14.6 Å². The van der Waals surface area contributed by atoms with Crippen LogP contribution in [-0.4, -0.2) is 62.1 Å². The van der Waals surface area contributed by atoms with Crippen LogP contribution < -0.4 is 9.64 Å². The maximum absolute atomic E-state index is 12.8. The fourth-order valence-electron chi connectivity index (χ4n) is 3.97. The van der Waals surface area contributed by atoms with Gasteiger partial charge in [-0.15, -0.1) is 0 Å². The zero-order valence-electron chi connectivity index (χ0n) is 15.9. The van der Waals surface area contributed by atoms with Gasteiger partial charge < -0.3 is 9.64 Å². The first kappa shape index (κ1) is 18.0. The zero-order chi connectivity index (χ0) is 18.6. The highest BCUT2D eigenvalue weighted by molar-refractivity contribution is 5.96. The minimum Gasteiger partial charge on any atom is -0.497 e. The fraction of sp³-hybridized carbons (Fsp3) is 0.409. The topological polar surface area (TPSA) is 36.0 Å². The van der Waals surface area contributed by atoms with Crippen LogP contribution in [0.4, 0.5) is 5.69 Å². The average Bonchev–Trinajstić information content (AvgIpc) is 3.14. The maximum Gasteiger partial charge on any atom is 0.241 e. The molecule has 5 nitrogen and oxygen atoms in total. The van der Waals surface area contributed by atoms with E-state index in [0.29, 0.717) is 6.54 Å². The van der Waals surface area contributed by atoms with Crippen molar-refractivity contribution in [3.05, 3.63) is 59.7 Å². The standard InChI is InChI=1S/C22H27N3O2/c1-27-20-8-6-18(7-9-20)16-23-12-14-24(15-13-23)17-22(26)25-11-10-19-4-2-3-5-21(19)25/h2-9H,10-17H2,1H3. The normalized spacial score (nSPS) is 17.7. The lowest BCUT2D eigenvalue weighted by molar-refractivity contribution is -0.120. The van der Waals surface area contributed by atoms with Crippen molar-refractivity contribution in [3.63, 3.8) is 0 Å². The third kappa shape index (κ3) is 4.15. The van der Waals surface area contributed by atoms with Gasteiger partial charge in [0.2, 0.25) is 5.91 Å². The third-order valence-corrected chi connectivity index (χ3v) is 5.58. The quantitative estimate of drug-likeness (QED) is 0.815. The molecule has 4 rings (SSSR count). The lowest BCUT2D eigenvalue weighted by Crippen LogP contribution is -2.49. The summed E-state index contributed by atoms with van der Waals surface area (Å²) in [5, 5.41) is 0. The summed E-state index contributed by atoms with van der Waals surface area (Å²) in [6.07, 6.45) is 0.970. The van der Waals surface area contributed by atoms with Gasteiger partial charge in [0.05, 0.1) is 13.7 Å². The number of anilines is 1. The monoisotopic (exact) mass is 365 g/mol. The summed E-state index contributed by atoms with van der Waals surface area (Å²) in [4.78, 5) is 19.5. The number of hydrogen-bond donors (Lipinski definition) is 0. The van der Waals surface area contributed by atoms with Gasteiger partial charge in [-0.1, -0.05) is 30.3 Å². The molecule has 0 atom stereocenters. The van der Waals surface area contributed by atoms with Gasteiger partial charge in [-0.2, -0.15) is 0 Å². The highest BCUT2D eigenvalue weighted by Crippen LogP contribution is 2.27. The highest BCUT2D eigenvalue weighted by atomic mass is 16.5. The van der Waals surface area contributed by atoms with E-state index < -0.39 is 0 Å². The van der Waals surface area contributed by atoms with Gasteiger partial charge in [0.1, 0.15) is 5.75 Å². The molecule has 1 amide bonds. The Morgan fingerprint density at radius 2 is 1.63 bits per heavy atom. The molecule has 2 heterocycles. The second-order valence-electron chi connectivity index (χ2n) is 7.32. The van der Waals surface area contributed by atoms with Crippen molar-refractivity contribution in [1.82, 2.24) is 9.80 Å². The first-order valence-corrected chi connectivity index (χ1v) is 9.69. The summed E-state index contributed by atoms with van der Waals surface area (Å²) in [5.74, 6) is 1.12. The predicted molar refractivity (Wildman–Crippen MR) is 107 cm³/mol. The summed E-state index contributed by atoms with van der Waals surface area (Å²) in [7, 11) is 1.69. The lowest BCUT2D eigenvalue weighted by atomic mass is 10.2. The van der Waals surface area contributed by atoms with Gasteiger partial charge >= 0.3 is 0 Å². The van der Waals surface area contributed by atoms with Crippen molar-refractivity contribution in [1.29, 1.82) is 0 Å². The van der Waals surface area contributed by atoms with Gasteiger partial charge in [0, 0.05) is 45.0 Å². The summed E-state index contributed by atoms with van der Waals surface area (Å²) < 4.78 is 5.22. The Hall–Kier alpha value is -2.37. The summed E-state index contributed by atoms with van der Waals surface area (Å²) in [6, 6.07) is 16.5. The number of fused-ring (bicyclic) bond motifs is 1. The van der Waals surface area contributed by atoms with E-state index in [4.69, 9.17) is 4.74 Å². The Labute approximate surface area is 161 Å². The minimum atomic E-state index is 0.226. The number of ether oxygens (including phenoxy) is 1. The van der Waals surface area contributed by atoms with Crippen molar-refractivity contribution in [2.24, 2.45) is 0 Å². The number of piperazine rings is 1. The molecule has 27 heavy (non-hydrogen) atoms. The van der Waals surface area contributed by atoms with Crippen LogP contribution in [-0.2, 0) is 17.8 Å². The Balaban J connectivity index is 1.26. The molecule has 0 aromatic heterocycles. The summed E-state index contributed by atoms with van der Waals surface area (Å²) >= 11 is 0. The molecule has 2 aliphatic heterocycles. The van der Waals surface area contributed by atoms with Crippen molar-refractivity contribution in [3.8, 4) is 5.75 Å². The molecule has 1 saturated heterocycles. The summed E-state index contributed by atoms with van der Waals surface area (Å²) in [6.45, 7) is 6.16. The van der Waals surface area contributed by atoms with Crippen LogP contribution in [0.1, 0.15) is 11.1 Å². The van der Waals surface area contributed by atoms with Gasteiger partial charge in [-0.05, 0) is 35.7 Å². The Morgan fingerprint density at radius 1 is 0.926 bits per heavy atom. The van der Waals surface area contributed by atoms with Crippen molar-refractivity contribution < 1.29 is 9.53 Å². The number of para-hydroxylation sites is 1. The number of nitrogens with zero attached hydrogens (tertiary/aromatic N) is 3. The second-order valence-corrected chi connectivity index (χ2v) is 7.32. The first-order chi connectivity index (χ1) is 13.2. The van der Waals surface area contributed by atoms with Crippen LogP contribution in [0.3, 0.4) is 0 Å². The Bertz CT molecular complexity index is 782. The number of rotatable bonds is 5. The van der Waals surface area contributed by atoms with E-state index in [2.05, 4.69) is 40.1 Å². The van der Waals surface area contributed by atoms with Crippen LogP contribution in [0.15, 0.2) is 48.5 Å². The van der Waals surface area contributed by atoms with Gasteiger partial charge in [-0.25, -0.2) is 0 Å². The third-order valence-electron chi connectivity index (χ3n) is 5.58. The zero-order valence-corrected chi connectivity index (χ0v) is 15.9. The maximum atomic E-state index is 12.8. The summed E-state index contributed by atoms with van der Waals surface area (Å²) in [5.41, 5.74) is 3.69. The molecule has 5 heteroatoms. The van der Waals surface area contributed by atoms with Crippen LogP contribution in [0.5, 0.6) is 5.75 Å². The molecule has 1 fully saturated rings. The number of amides is 1. The van der Waals surface area contributed by atoms with E-state index in [1.807, 2.05) is 23.1 Å². The molecular weight excluding hydrogens is 338 g/mol. The molecule has 2 aliphatic rings. The van der Waals surface area contributed by atoms with E-state index in [9.17, 15) is 4.79 Å². The van der Waals surface area contributed by atoms with E-state index in [1.165, 1.54) is 11.1 Å². The minimum absolute atomic E-state index is 0.226. The van der Waals surface area contributed by atoms with Crippen molar-refractivity contribution in [2.75, 3.05) is 51.3 Å². The molecule has 0 spiro atoms. The molecule has 142 valence electrons. The number of methoxy groups -OCH3 is 1. The van der Waals surface area contributed by atoms with Crippen molar-refractivity contribution >= 4 is 11.6 Å². The molecule has 0 bridgehead atoms. The van der Waals surface area contributed by atoms with E-state index in [-0.39, 0.29) is 5.91 Å². The predicted octanol–water partition coefficient (Wildman–Crippen LogP) is 2.40. The number of carbonyl (C=O) groups excluding carboxylic acids is 1. The van der Waals surface area contributed by atoms with E-state index in [1.54, 1.807) is 7.11 Å². The van der Waals surface area contributed by atoms with Crippen molar-refractivity contribution in [2.45, 2.75) is 13.0 Å². The molecule has 0 radical (unpaired) electrons. The SMILES string of the molecule is COc1ccc(CN2CCN(CC(=O)N3CCc4ccccc43)CC2)cc1. The number of carbonyl (C=O) groups is 1. The number of benzene rings is 2. The first-order valence-electron chi connectivity index (χ1n) is 9.69. The number of hydrogen-bond acceptors (Lipinski definition) is 4. The smallest absolute Gasteiger partial charge is 0.241 e. The van der Waals surface area contributed by atoms with Crippen LogP contribution in [0, 0.1) is 0 Å². The Kier molecular flexibility index (Phi) is 5.41. The average molecular weight is 365 g/mol. The Morgan fingerprint density at radius 3 is 2.37 bits per heavy atom. The second kappa shape index (κ2) is 8.11. The fourth-order valence-corrected chi connectivity index (χ4v) is 3.97. The highest BCUT2D eigenvalue weighted by Gasteiger charge is 2.26.